The number of halogens is 1. The topological polar surface area (TPSA) is 81.2 Å². The summed E-state index contributed by atoms with van der Waals surface area (Å²) in [5.74, 6) is -0.749. The SMILES string of the molecule is CCOC(=O)Cc1csc(NC(=O)c2cnccc2Cl)n1. The molecule has 0 aliphatic rings. The van der Waals surface area contributed by atoms with Crippen LogP contribution in [-0.2, 0) is 16.0 Å². The van der Waals surface area contributed by atoms with Crippen molar-refractivity contribution in [1.29, 1.82) is 0 Å². The number of pyridine rings is 1. The number of anilines is 1. The van der Waals surface area contributed by atoms with Crippen molar-refractivity contribution < 1.29 is 14.3 Å². The van der Waals surface area contributed by atoms with E-state index in [0.717, 1.165) is 0 Å². The lowest BCUT2D eigenvalue weighted by Crippen LogP contribution is -2.13. The number of carbonyl (C=O) groups is 2. The van der Waals surface area contributed by atoms with Gasteiger partial charge in [0.2, 0.25) is 0 Å². The number of nitrogens with one attached hydrogen (secondary N) is 1. The summed E-state index contributed by atoms with van der Waals surface area (Å²) >= 11 is 7.14. The number of amides is 1. The summed E-state index contributed by atoms with van der Waals surface area (Å²) in [6.07, 6.45) is 2.96. The van der Waals surface area contributed by atoms with E-state index in [1.54, 1.807) is 12.3 Å². The number of rotatable bonds is 5. The molecular formula is C13H12ClN3O3S. The summed E-state index contributed by atoms with van der Waals surface area (Å²) in [4.78, 5) is 31.3. The Bertz CT molecular complexity index is 660. The molecule has 0 unspecified atom stereocenters. The lowest BCUT2D eigenvalue weighted by Gasteiger charge is -2.02. The Hall–Kier alpha value is -1.99. The number of carbonyl (C=O) groups excluding carboxylic acids is 2. The van der Waals surface area contributed by atoms with Crippen LogP contribution in [0.2, 0.25) is 5.02 Å². The molecule has 0 radical (unpaired) electrons. The molecule has 21 heavy (non-hydrogen) atoms. The summed E-state index contributed by atoms with van der Waals surface area (Å²) in [6, 6.07) is 1.53. The standard InChI is InChI=1S/C13H12ClN3O3S/c1-2-20-11(18)5-8-7-21-13(16-8)17-12(19)9-6-15-4-3-10(9)14/h3-4,6-7H,2,5H2,1H3,(H,16,17,19). The lowest BCUT2D eigenvalue weighted by molar-refractivity contribution is -0.142. The first kappa shape index (κ1) is 15.4. The van der Waals surface area contributed by atoms with Gasteiger partial charge in [0.15, 0.2) is 5.13 Å². The third-order valence-electron chi connectivity index (χ3n) is 2.42. The van der Waals surface area contributed by atoms with Crippen LogP contribution in [0.25, 0.3) is 0 Å². The van der Waals surface area contributed by atoms with Gasteiger partial charge in [0, 0.05) is 17.8 Å². The van der Waals surface area contributed by atoms with E-state index in [2.05, 4.69) is 15.3 Å². The zero-order valence-electron chi connectivity index (χ0n) is 11.1. The number of esters is 1. The van der Waals surface area contributed by atoms with Crippen LogP contribution in [0.15, 0.2) is 23.8 Å². The maximum Gasteiger partial charge on any atom is 0.311 e. The molecule has 0 spiro atoms. The highest BCUT2D eigenvalue weighted by atomic mass is 35.5. The molecule has 0 aromatic carbocycles. The Kier molecular flexibility index (Phi) is 5.24. The van der Waals surface area contributed by atoms with Gasteiger partial charge < -0.3 is 4.74 Å². The molecule has 0 aliphatic carbocycles. The summed E-state index contributed by atoms with van der Waals surface area (Å²) in [5, 5.41) is 5.01. The van der Waals surface area contributed by atoms with E-state index in [-0.39, 0.29) is 18.0 Å². The van der Waals surface area contributed by atoms with E-state index in [0.29, 0.717) is 22.5 Å². The van der Waals surface area contributed by atoms with Crippen molar-refractivity contribution in [3.8, 4) is 0 Å². The monoisotopic (exact) mass is 325 g/mol. The van der Waals surface area contributed by atoms with E-state index in [4.69, 9.17) is 16.3 Å². The quantitative estimate of drug-likeness (QED) is 0.854. The smallest absolute Gasteiger partial charge is 0.311 e. The first-order chi connectivity index (χ1) is 10.1. The van der Waals surface area contributed by atoms with E-state index in [1.807, 2.05) is 0 Å². The van der Waals surface area contributed by atoms with E-state index >= 15 is 0 Å². The van der Waals surface area contributed by atoms with Crippen LogP contribution in [0.5, 0.6) is 0 Å². The molecular weight excluding hydrogens is 314 g/mol. The maximum absolute atomic E-state index is 12.0. The van der Waals surface area contributed by atoms with Gasteiger partial charge in [-0.25, -0.2) is 4.98 Å². The fourth-order valence-corrected chi connectivity index (χ4v) is 2.41. The molecule has 8 heteroatoms. The van der Waals surface area contributed by atoms with Crippen molar-refractivity contribution in [3.63, 3.8) is 0 Å². The molecule has 1 N–H and O–H groups in total. The van der Waals surface area contributed by atoms with E-state index < -0.39 is 5.91 Å². The molecule has 2 aromatic heterocycles. The Balaban J connectivity index is 2.01. The molecule has 110 valence electrons. The minimum absolute atomic E-state index is 0.0772. The zero-order valence-corrected chi connectivity index (χ0v) is 12.7. The van der Waals surface area contributed by atoms with Crippen molar-refractivity contribution in [3.05, 3.63) is 40.1 Å². The van der Waals surface area contributed by atoms with Gasteiger partial charge in [-0.3, -0.25) is 19.9 Å². The van der Waals surface area contributed by atoms with E-state index in [9.17, 15) is 9.59 Å². The molecule has 1 amide bonds. The zero-order chi connectivity index (χ0) is 15.2. The van der Waals surface area contributed by atoms with Crippen LogP contribution in [0.1, 0.15) is 23.0 Å². The molecule has 0 bridgehead atoms. The Morgan fingerprint density at radius 3 is 3.00 bits per heavy atom. The lowest BCUT2D eigenvalue weighted by atomic mass is 10.3. The Morgan fingerprint density at radius 1 is 1.48 bits per heavy atom. The molecule has 0 atom stereocenters. The van der Waals surface area contributed by atoms with Crippen molar-refractivity contribution in [2.75, 3.05) is 11.9 Å². The van der Waals surface area contributed by atoms with Crippen LogP contribution in [0.3, 0.4) is 0 Å². The highest BCUT2D eigenvalue weighted by Gasteiger charge is 2.13. The number of thiazole rings is 1. The fourth-order valence-electron chi connectivity index (χ4n) is 1.51. The highest BCUT2D eigenvalue weighted by molar-refractivity contribution is 7.14. The summed E-state index contributed by atoms with van der Waals surface area (Å²) in [7, 11) is 0. The van der Waals surface area contributed by atoms with Crippen molar-refractivity contribution >= 4 is 39.9 Å². The molecule has 0 aliphatic heterocycles. The first-order valence-corrected chi connectivity index (χ1v) is 7.36. The average Bonchev–Trinajstić information content (AvgIpc) is 2.86. The molecule has 0 saturated heterocycles. The Labute approximate surface area is 130 Å². The number of aromatic nitrogens is 2. The van der Waals surface area contributed by atoms with Gasteiger partial charge in [0.1, 0.15) is 0 Å². The summed E-state index contributed by atoms with van der Waals surface area (Å²) < 4.78 is 4.83. The van der Waals surface area contributed by atoms with Gasteiger partial charge in [0.25, 0.3) is 5.91 Å². The number of ether oxygens (including phenoxy) is 1. The number of hydrogen-bond donors (Lipinski definition) is 1. The van der Waals surface area contributed by atoms with Crippen LogP contribution in [-0.4, -0.2) is 28.5 Å². The third-order valence-corrected chi connectivity index (χ3v) is 3.55. The fraction of sp³-hybridized carbons (Fsp3) is 0.231. The largest absolute Gasteiger partial charge is 0.466 e. The number of nitrogens with zero attached hydrogens (tertiary/aromatic N) is 2. The normalized spacial score (nSPS) is 10.2. The van der Waals surface area contributed by atoms with Gasteiger partial charge in [0.05, 0.1) is 29.3 Å². The minimum atomic E-state index is -0.398. The molecule has 2 aromatic rings. The van der Waals surface area contributed by atoms with Crippen molar-refractivity contribution in [2.24, 2.45) is 0 Å². The van der Waals surface area contributed by atoms with Crippen LogP contribution in [0.4, 0.5) is 5.13 Å². The first-order valence-electron chi connectivity index (χ1n) is 6.11. The van der Waals surface area contributed by atoms with Crippen molar-refractivity contribution in [2.45, 2.75) is 13.3 Å². The molecule has 6 nitrogen and oxygen atoms in total. The second-order valence-electron chi connectivity index (χ2n) is 3.94. The minimum Gasteiger partial charge on any atom is -0.466 e. The van der Waals surface area contributed by atoms with Crippen LogP contribution < -0.4 is 5.32 Å². The van der Waals surface area contributed by atoms with E-state index in [1.165, 1.54) is 29.8 Å². The maximum atomic E-state index is 12.0. The second kappa shape index (κ2) is 7.14. The average molecular weight is 326 g/mol. The predicted molar refractivity (Wildman–Crippen MR) is 79.7 cm³/mol. The summed E-state index contributed by atoms with van der Waals surface area (Å²) in [5.41, 5.74) is 0.812. The molecule has 2 rings (SSSR count). The number of hydrogen-bond acceptors (Lipinski definition) is 6. The molecule has 0 saturated carbocycles. The molecule has 2 heterocycles. The second-order valence-corrected chi connectivity index (χ2v) is 5.20. The van der Waals surface area contributed by atoms with Gasteiger partial charge >= 0.3 is 5.97 Å². The van der Waals surface area contributed by atoms with Gasteiger partial charge in [-0.05, 0) is 13.0 Å². The Morgan fingerprint density at radius 2 is 2.29 bits per heavy atom. The van der Waals surface area contributed by atoms with Crippen LogP contribution in [0, 0.1) is 0 Å². The third kappa shape index (κ3) is 4.24. The molecule has 0 fully saturated rings. The predicted octanol–water partition coefficient (Wildman–Crippen LogP) is 2.55. The highest BCUT2D eigenvalue weighted by Crippen LogP contribution is 2.19. The summed E-state index contributed by atoms with van der Waals surface area (Å²) in [6.45, 7) is 2.06. The van der Waals surface area contributed by atoms with Crippen molar-refractivity contribution in [1.82, 2.24) is 9.97 Å². The van der Waals surface area contributed by atoms with Gasteiger partial charge in [-0.1, -0.05) is 11.6 Å². The van der Waals surface area contributed by atoms with Gasteiger partial charge in [-0.15, -0.1) is 11.3 Å². The van der Waals surface area contributed by atoms with Gasteiger partial charge in [-0.2, -0.15) is 0 Å². The van der Waals surface area contributed by atoms with Crippen LogP contribution >= 0.6 is 22.9 Å².